The normalized spacial score (nSPS) is 11.2. The smallest absolute Gasteiger partial charge is 0.387 e. The average molecular weight is 402 g/mol. The minimum Gasteiger partial charge on any atom is -0.493 e. The number of rotatable bonds is 6. The first kappa shape index (κ1) is 19.9. The summed E-state index contributed by atoms with van der Waals surface area (Å²) in [5.41, 5.74) is 2.52. The molecule has 0 saturated heterocycles. The largest absolute Gasteiger partial charge is 0.493 e. The van der Waals surface area contributed by atoms with E-state index in [0.29, 0.717) is 16.3 Å². The Hall–Kier alpha value is -3.82. The summed E-state index contributed by atoms with van der Waals surface area (Å²) in [7, 11) is 2.76. The molecule has 1 amide bonds. The van der Waals surface area contributed by atoms with Crippen LogP contribution in [0.3, 0.4) is 0 Å². The molecule has 0 bridgehead atoms. The molecule has 3 rings (SSSR count). The second-order valence-electron chi connectivity index (χ2n) is 5.81. The number of hydrogen-bond acceptors (Lipinski definition) is 6. The van der Waals surface area contributed by atoms with Crippen molar-refractivity contribution in [2.24, 2.45) is 12.1 Å². The van der Waals surface area contributed by atoms with Crippen molar-refractivity contribution in [1.29, 1.82) is 0 Å². The molecule has 0 unspecified atom stereocenters. The van der Waals surface area contributed by atoms with Gasteiger partial charge in [-0.1, -0.05) is 18.2 Å². The van der Waals surface area contributed by atoms with Crippen molar-refractivity contribution in [1.82, 2.24) is 15.2 Å². The average Bonchev–Trinajstić information content (AvgIpc) is 2.71. The zero-order chi connectivity index (χ0) is 21.0. The number of nitrogens with one attached hydrogen (secondary N) is 1. The summed E-state index contributed by atoms with van der Waals surface area (Å²) in [6.45, 7) is -2.98. The van der Waals surface area contributed by atoms with Gasteiger partial charge in [-0.2, -0.15) is 19.0 Å². The topological polar surface area (TPSA) is 94.8 Å². The first-order chi connectivity index (χ1) is 13.9. The molecule has 0 radical (unpaired) electrons. The number of benzene rings is 2. The summed E-state index contributed by atoms with van der Waals surface area (Å²) in [6, 6.07) is 10.8. The predicted octanol–water partition coefficient (Wildman–Crippen LogP) is 2.31. The van der Waals surface area contributed by atoms with Crippen LogP contribution in [0.1, 0.15) is 16.1 Å². The Morgan fingerprint density at radius 2 is 1.93 bits per heavy atom. The number of hydrazone groups is 1. The maximum absolute atomic E-state index is 12.5. The molecule has 10 heteroatoms. The lowest BCUT2D eigenvalue weighted by molar-refractivity contribution is -0.0512. The van der Waals surface area contributed by atoms with E-state index < -0.39 is 12.5 Å². The van der Waals surface area contributed by atoms with Gasteiger partial charge in [0.25, 0.3) is 11.5 Å². The van der Waals surface area contributed by atoms with E-state index in [0.717, 1.165) is 4.68 Å². The van der Waals surface area contributed by atoms with Crippen LogP contribution in [0.4, 0.5) is 8.78 Å². The number of hydrogen-bond donors (Lipinski definition) is 1. The molecule has 0 aliphatic heterocycles. The second-order valence-corrected chi connectivity index (χ2v) is 5.81. The standard InChI is InChI=1S/C19H16F2N4O4/c1-25-18(27)13-6-4-3-5-12(13)16(24-25)17(26)23-22-10-11-7-8-14(29-19(20)21)15(9-11)28-2/h3-10,19H,1-2H3,(H,23,26)/b22-10+. The molecule has 3 aromatic rings. The van der Waals surface area contributed by atoms with Gasteiger partial charge in [-0.3, -0.25) is 9.59 Å². The molecule has 1 N–H and O–H groups in total. The van der Waals surface area contributed by atoms with Gasteiger partial charge < -0.3 is 9.47 Å². The van der Waals surface area contributed by atoms with E-state index in [4.69, 9.17) is 4.74 Å². The molecule has 8 nitrogen and oxygen atoms in total. The number of amides is 1. The number of halogens is 2. The first-order valence-corrected chi connectivity index (χ1v) is 8.33. The molecule has 150 valence electrons. The van der Waals surface area contributed by atoms with Crippen LogP contribution in [0.2, 0.25) is 0 Å². The van der Waals surface area contributed by atoms with Gasteiger partial charge in [-0.05, 0) is 29.8 Å². The van der Waals surface area contributed by atoms with Gasteiger partial charge in [0.05, 0.1) is 18.7 Å². The molecule has 0 fully saturated rings. The Kier molecular flexibility index (Phi) is 5.82. The molecule has 2 aromatic carbocycles. The molecule has 1 aromatic heterocycles. The van der Waals surface area contributed by atoms with E-state index in [1.54, 1.807) is 24.3 Å². The van der Waals surface area contributed by atoms with E-state index in [2.05, 4.69) is 20.4 Å². The zero-order valence-electron chi connectivity index (χ0n) is 15.4. The Morgan fingerprint density at radius 3 is 2.62 bits per heavy atom. The number of alkyl halides is 2. The molecule has 0 aliphatic rings. The Morgan fingerprint density at radius 1 is 1.21 bits per heavy atom. The summed E-state index contributed by atoms with van der Waals surface area (Å²) >= 11 is 0. The van der Waals surface area contributed by atoms with Crippen molar-refractivity contribution in [3.63, 3.8) is 0 Å². The van der Waals surface area contributed by atoms with Crippen LogP contribution in [-0.4, -0.2) is 35.6 Å². The number of fused-ring (bicyclic) bond motifs is 1. The third-order valence-corrected chi connectivity index (χ3v) is 3.96. The fourth-order valence-electron chi connectivity index (χ4n) is 2.64. The summed E-state index contributed by atoms with van der Waals surface area (Å²) in [5, 5.41) is 8.61. The van der Waals surface area contributed by atoms with Crippen molar-refractivity contribution in [2.75, 3.05) is 7.11 Å². The number of methoxy groups -OCH3 is 1. The van der Waals surface area contributed by atoms with E-state index in [9.17, 15) is 18.4 Å². The van der Waals surface area contributed by atoms with Gasteiger partial charge >= 0.3 is 6.61 Å². The maximum atomic E-state index is 12.5. The summed E-state index contributed by atoms with van der Waals surface area (Å²) in [5.74, 6) is -0.645. The highest BCUT2D eigenvalue weighted by atomic mass is 19.3. The maximum Gasteiger partial charge on any atom is 0.387 e. The molecule has 0 aliphatic carbocycles. The van der Waals surface area contributed by atoms with Crippen LogP contribution >= 0.6 is 0 Å². The highest BCUT2D eigenvalue weighted by Crippen LogP contribution is 2.28. The van der Waals surface area contributed by atoms with Gasteiger partial charge in [0.15, 0.2) is 17.2 Å². The fraction of sp³-hybridized carbons (Fsp3) is 0.158. The molecule has 0 saturated carbocycles. The quantitative estimate of drug-likeness (QED) is 0.504. The third kappa shape index (κ3) is 4.37. The zero-order valence-corrected chi connectivity index (χ0v) is 15.4. The first-order valence-electron chi connectivity index (χ1n) is 8.33. The molecular formula is C19H16F2N4O4. The predicted molar refractivity (Wildman–Crippen MR) is 102 cm³/mol. The number of aryl methyl sites for hydroxylation is 1. The van der Waals surface area contributed by atoms with Crippen molar-refractivity contribution < 1.29 is 23.0 Å². The Labute approximate surface area is 163 Å². The molecule has 0 spiro atoms. The van der Waals surface area contributed by atoms with Gasteiger partial charge in [0, 0.05) is 12.4 Å². The third-order valence-electron chi connectivity index (χ3n) is 3.96. The molecule has 29 heavy (non-hydrogen) atoms. The van der Waals surface area contributed by atoms with Crippen molar-refractivity contribution in [2.45, 2.75) is 6.61 Å². The van der Waals surface area contributed by atoms with Gasteiger partial charge in [0.1, 0.15) is 0 Å². The van der Waals surface area contributed by atoms with Gasteiger partial charge in [-0.15, -0.1) is 0 Å². The number of nitrogens with zero attached hydrogens (tertiary/aromatic N) is 3. The summed E-state index contributed by atoms with van der Waals surface area (Å²) in [6.07, 6.45) is 1.30. The lowest BCUT2D eigenvalue weighted by Gasteiger charge is -2.10. The van der Waals surface area contributed by atoms with Crippen LogP contribution in [0.25, 0.3) is 10.8 Å². The monoisotopic (exact) mass is 402 g/mol. The lowest BCUT2D eigenvalue weighted by Crippen LogP contribution is -2.27. The number of aromatic nitrogens is 2. The molecule has 0 atom stereocenters. The highest BCUT2D eigenvalue weighted by molar-refractivity contribution is 6.04. The number of carbonyl (C=O) groups excluding carboxylic acids is 1. The van der Waals surface area contributed by atoms with Crippen molar-refractivity contribution in [3.05, 3.63) is 64.1 Å². The number of ether oxygens (including phenoxy) is 2. The minimum atomic E-state index is -2.98. The summed E-state index contributed by atoms with van der Waals surface area (Å²) < 4.78 is 35.2. The Bertz CT molecular complexity index is 1140. The van der Waals surface area contributed by atoms with E-state index >= 15 is 0 Å². The van der Waals surface area contributed by atoms with Crippen LogP contribution in [0, 0.1) is 0 Å². The van der Waals surface area contributed by atoms with Crippen LogP contribution in [0.5, 0.6) is 11.5 Å². The van der Waals surface area contributed by atoms with Crippen molar-refractivity contribution in [3.8, 4) is 11.5 Å². The van der Waals surface area contributed by atoms with E-state index in [1.807, 2.05) is 0 Å². The number of carbonyl (C=O) groups is 1. The van der Waals surface area contributed by atoms with Crippen molar-refractivity contribution >= 4 is 22.9 Å². The van der Waals surface area contributed by atoms with E-state index in [1.165, 1.54) is 38.6 Å². The molecule has 1 heterocycles. The van der Waals surface area contributed by atoms with Crippen LogP contribution < -0.4 is 20.5 Å². The van der Waals surface area contributed by atoms with Gasteiger partial charge in [0.2, 0.25) is 0 Å². The highest BCUT2D eigenvalue weighted by Gasteiger charge is 2.15. The summed E-state index contributed by atoms with van der Waals surface area (Å²) in [4.78, 5) is 24.6. The van der Waals surface area contributed by atoms with Crippen LogP contribution in [-0.2, 0) is 7.05 Å². The SMILES string of the molecule is COc1cc(/C=N/NC(=O)c2nn(C)c(=O)c3ccccc23)ccc1OC(F)F. The lowest BCUT2D eigenvalue weighted by atomic mass is 10.1. The van der Waals surface area contributed by atoms with E-state index in [-0.39, 0.29) is 22.8 Å². The second kappa shape index (κ2) is 8.46. The van der Waals surface area contributed by atoms with Crippen LogP contribution in [0.15, 0.2) is 52.4 Å². The molecular weight excluding hydrogens is 386 g/mol. The Balaban J connectivity index is 1.81. The van der Waals surface area contributed by atoms with Gasteiger partial charge in [-0.25, -0.2) is 10.1 Å². The fourth-order valence-corrected chi connectivity index (χ4v) is 2.64. The minimum absolute atomic E-state index is 0.0399.